The summed E-state index contributed by atoms with van der Waals surface area (Å²) in [5.74, 6) is -0.438. The first-order chi connectivity index (χ1) is 12.3. The molecule has 0 aliphatic carbocycles. The molecule has 0 unspecified atom stereocenters. The summed E-state index contributed by atoms with van der Waals surface area (Å²) in [4.78, 5) is 38.2. The van der Waals surface area contributed by atoms with Crippen LogP contribution in [0, 0.1) is 0 Å². The molecule has 1 aromatic heterocycles. The number of amides is 1. The number of hydrogen-bond acceptors (Lipinski definition) is 6. The van der Waals surface area contributed by atoms with Crippen LogP contribution in [0.5, 0.6) is 11.5 Å². The number of carbonyl (C=O) groups excluding carboxylic acids is 3. The van der Waals surface area contributed by atoms with Crippen LogP contribution in [0.25, 0.3) is 0 Å². The van der Waals surface area contributed by atoms with Crippen LogP contribution in [0.15, 0.2) is 30.5 Å². The van der Waals surface area contributed by atoms with Crippen molar-refractivity contribution >= 4 is 23.3 Å². The smallest absolute Gasteiger partial charge is 0.355 e. The normalized spacial score (nSPS) is 11.4. The number of aromatic amines is 1. The molecular formula is C18H20N2O6. The Morgan fingerprint density at radius 3 is 2.35 bits per heavy atom. The molecule has 0 spiro atoms. The number of ether oxygens (including phenoxy) is 3. The highest BCUT2D eigenvalue weighted by Crippen LogP contribution is 2.29. The van der Waals surface area contributed by atoms with Crippen molar-refractivity contribution in [3.63, 3.8) is 0 Å². The molecule has 1 atom stereocenters. The second-order valence-electron chi connectivity index (χ2n) is 5.46. The minimum absolute atomic E-state index is 0.0981. The average Bonchev–Trinajstić information content (AvgIpc) is 3.12. The predicted octanol–water partition coefficient (Wildman–Crippen LogP) is 2.42. The van der Waals surface area contributed by atoms with Crippen molar-refractivity contribution in [2.75, 3.05) is 19.5 Å². The standard InChI is InChI=1S/C18H20N2O6/c1-10(21)12-7-14(19-9-12)18(23)26-11(2)17(22)20-13-5-6-15(24-3)16(8-13)25-4/h5-9,11,19H,1-4H3,(H,20,22)/t11-/m1/s1. The van der Waals surface area contributed by atoms with Gasteiger partial charge in [0.15, 0.2) is 23.4 Å². The van der Waals surface area contributed by atoms with E-state index in [1.807, 2.05) is 0 Å². The van der Waals surface area contributed by atoms with Gasteiger partial charge in [-0.15, -0.1) is 0 Å². The summed E-state index contributed by atoms with van der Waals surface area (Å²) in [6.45, 7) is 2.83. The Labute approximate surface area is 150 Å². The van der Waals surface area contributed by atoms with E-state index in [2.05, 4.69) is 10.3 Å². The first-order valence-corrected chi connectivity index (χ1v) is 7.79. The van der Waals surface area contributed by atoms with Gasteiger partial charge >= 0.3 is 5.97 Å². The second kappa shape index (κ2) is 8.19. The fourth-order valence-electron chi connectivity index (χ4n) is 2.15. The Balaban J connectivity index is 2.00. The predicted molar refractivity (Wildman–Crippen MR) is 93.9 cm³/mol. The lowest BCUT2D eigenvalue weighted by molar-refractivity contribution is -0.123. The number of nitrogens with one attached hydrogen (secondary N) is 2. The SMILES string of the molecule is COc1ccc(NC(=O)[C@@H](C)OC(=O)c2cc(C(C)=O)c[nH]2)cc1OC. The number of aromatic nitrogens is 1. The summed E-state index contributed by atoms with van der Waals surface area (Å²) < 4.78 is 15.4. The third-order valence-corrected chi connectivity index (χ3v) is 3.61. The molecule has 26 heavy (non-hydrogen) atoms. The van der Waals surface area contributed by atoms with E-state index in [4.69, 9.17) is 14.2 Å². The van der Waals surface area contributed by atoms with E-state index in [1.54, 1.807) is 18.2 Å². The number of ketones is 1. The van der Waals surface area contributed by atoms with E-state index in [-0.39, 0.29) is 11.5 Å². The van der Waals surface area contributed by atoms with Crippen molar-refractivity contribution in [3.05, 3.63) is 41.7 Å². The van der Waals surface area contributed by atoms with Crippen LogP contribution in [0.1, 0.15) is 34.7 Å². The lowest BCUT2D eigenvalue weighted by Crippen LogP contribution is -2.30. The number of esters is 1. The molecule has 1 heterocycles. The maximum absolute atomic E-state index is 12.2. The van der Waals surface area contributed by atoms with Gasteiger partial charge in [-0.25, -0.2) is 4.79 Å². The summed E-state index contributed by atoms with van der Waals surface area (Å²) in [5.41, 5.74) is 0.926. The number of anilines is 1. The van der Waals surface area contributed by atoms with E-state index in [9.17, 15) is 14.4 Å². The number of methoxy groups -OCH3 is 2. The van der Waals surface area contributed by atoms with Crippen LogP contribution in [0.2, 0.25) is 0 Å². The number of rotatable bonds is 7. The third-order valence-electron chi connectivity index (χ3n) is 3.61. The van der Waals surface area contributed by atoms with E-state index in [1.165, 1.54) is 40.3 Å². The lowest BCUT2D eigenvalue weighted by atomic mass is 10.2. The molecule has 0 aliphatic rings. The van der Waals surface area contributed by atoms with Crippen molar-refractivity contribution in [2.24, 2.45) is 0 Å². The molecule has 2 N–H and O–H groups in total. The van der Waals surface area contributed by atoms with Gasteiger partial charge in [-0.05, 0) is 32.0 Å². The van der Waals surface area contributed by atoms with Gasteiger partial charge in [-0.1, -0.05) is 0 Å². The van der Waals surface area contributed by atoms with Gasteiger partial charge in [0.1, 0.15) is 5.69 Å². The van der Waals surface area contributed by atoms with Gasteiger partial charge in [0.2, 0.25) is 0 Å². The van der Waals surface area contributed by atoms with E-state index >= 15 is 0 Å². The Hall–Kier alpha value is -3.29. The fraction of sp³-hybridized carbons (Fsp3) is 0.278. The molecule has 138 valence electrons. The Morgan fingerprint density at radius 2 is 1.77 bits per heavy atom. The molecule has 2 aromatic rings. The summed E-state index contributed by atoms with van der Waals surface area (Å²) >= 11 is 0. The van der Waals surface area contributed by atoms with Crippen LogP contribution in [-0.2, 0) is 9.53 Å². The molecule has 2 rings (SSSR count). The summed E-state index contributed by atoms with van der Waals surface area (Å²) in [5, 5.41) is 2.63. The molecule has 0 bridgehead atoms. The lowest BCUT2D eigenvalue weighted by Gasteiger charge is -2.14. The number of benzene rings is 1. The van der Waals surface area contributed by atoms with Crippen molar-refractivity contribution in [1.29, 1.82) is 0 Å². The van der Waals surface area contributed by atoms with E-state index in [0.717, 1.165) is 0 Å². The van der Waals surface area contributed by atoms with Crippen molar-refractivity contribution in [2.45, 2.75) is 20.0 Å². The molecule has 0 saturated carbocycles. The van der Waals surface area contributed by atoms with Crippen LogP contribution in [0.4, 0.5) is 5.69 Å². The highest BCUT2D eigenvalue weighted by molar-refractivity contribution is 5.99. The molecular weight excluding hydrogens is 340 g/mol. The molecule has 1 aromatic carbocycles. The number of H-pyrrole nitrogens is 1. The minimum atomic E-state index is -1.04. The molecule has 1 amide bonds. The second-order valence-corrected chi connectivity index (χ2v) is 5.46. The summed E-state index contributed by atoms with van der Waals surface area (Å²) in [6.07, 6.45) is 0.368. The number of hydrogen-bond donors (Lipinski definition) is 2. The summed E-state index contributed by atoms with van der Waals surface area (Å²) in [7, 11) is 3.00. The van der Waals surface area contributed by atoms with Gasteiger partial charge in [0.25, 0.3) is 5.91 Å². The Kier molecular flexibility index (Phi) is 6.00. The van der Waals surface area contributed by atoms with E-state index < -0.39 is 18.0 Å². The van der Waals surface area contributed by atoms with Crippen LogP contribution in [-0.4, -0.2) is 43.0 Å². The van der Waals surface area contributed by atoms with Crippen molar-refractivity contribution < 1.29 is 28.6 Å². The highest BCUT2D eigenvalue weighted by Gasteiger charge is 2.21. The van der Waals surface area contributed by atoms with Gasteiger partial charge in [0, 0.05) is 23.5 Å². The molecule has 0 saturated heterocycles. The first kappa shape index (κ1) is 19.0. The van der Waals surface area contributed by atoms with Gasteiger partial charge in [0.05, 0.1) is 14.2 Å². The summed E-state index contributed by atoms with van der Waals surface area (Å²) in [6, 6.07) is 6.25. The third kappa shape index (κ3) is 4.41. The zero-order valence-corrected chi connectivity index (χ0v) is 14.9. The molecule has 0 aliphatic heterocycles. The van der Waals surface area contributed by atoms with E-state index in [0.29, 0.717) is 22.7 Å². The van der Waals surface area contributed by atoms with Crippen molar-refractivity contribution in [3.8, 4) is 11.5 Å². The van der Waals surface area contributed by atoms with Crippen LogP contribution < -0.4 is 14.8 Å². The molecule has 8 heteroatoms. The average molecular weight is 360 g/mol. The van der Waals surface area contributed by atoms with Crippen LogP contribution in [0.3, 0.4) is 0 Å². The number of carbonyl (C=O) groups is 3. The maximum Gasteiger partial charge on any atom is 0.355 e. The van der Waals surface area contributed by atoms with Crippen molar-refractivity contribution in [1.82, 2.24) is 4.98 Å². The Morgan fingerprint density at radius 1 is 1.08 bits per heavy atom. The van der Waals surface area contributed by atoms with Gasteiger partial charge in [-0.3, -0.25) is 9.59 Å². The maximum atomic E-state index is 12.2. The van der Waals surface area contributed by atoms with Crippen LogP contribution >= 0.6 is 0 Å². The topological polar surface area (TPSA) is 107 Å². The van der Waals surface area contributed by atoms with Gasteiger partial charge < -0.3 is 24.5 Å². The largest absolute Gasteiger partial charge is 0.493 e. The Bertz CT molecular complexity index is 827. The highest BCUT2D eigenvalue weighted by atomic mass is 16.5. The quantitative estimate of drug-likeness (QED) is 0.580. The van der Waals surface area contributed by atoms with Gasteiger partial charge in [-0.2, -0.15) is 0 Å². The number of Topliss-reactive ketones (excluding diaryl/α,β-unsaturated/α-hetero) is 1. The fourth-order valence-corrected chi connectivity index (χ4v) is 2.15. The minimum Gasteiger partial charge on any atom is -0.493 e. The molecule has 8 nitrogen and oxygen atoms in total. The molecule has 0 fully saturated rings. The molecule has 0 radical (unpaired) electrons. The zero-order chi connectivity index (χ0) is 19.3. The zero-order valence-electron chi connectivity index (χ0n) is 14.9. The monoisotopic (exact) mass is 360 g/mol. The first-order valence-electron chi connectivity index (χ1n) is 7.79.